The number of likely N-dealkylation sites (tertiary alicyclic amines) is 1. The molecule has 4 rings (SSSR count). The molecule has 2 aromatic carbocycles. The molecule has 0 saturated carbocycles. The SMILES string of the molecule is O=C(O)[C@@H]1CC[C@H](c2ccccc2Cl)N1C(=O)c1ccc(-c2cccnc2Cl)cc1. The van der Waals surface area contributed by atoms with Crippen LogP contribution in [-0.4, -0.2) is 32.9 Å². The van der Waals surface area contributed by atoms with Crippen LogP contribution in [0.4, 0.5) is 0 Å². The maximum absolute atomic E-state index is 13.4. The Morgan fingerprint density at radius 2 is 1.70 bits per heavy atom. The predicted octanol–water partition coefficient (Wildman–Crippen LogP) is 5.49. The Balaban J connectivity index is 1.68. The zero-order valence-electron chi connectivity index (χ0n) is 15.8. The Kier molecular flexibility index (Phi) is 5.75. The minimum absolute atomic E-state index is 0.339. The van der Waals surface area contributed by atoms with Crippen molar-refractivity contribution in [3.63, 3.8) is 0 Å². The van der Waals surface area contributed by atoms with Crippen LogP contribution in [0.1, 0.15) is 34.8 Å². The van der Waals surface area contributed by atoms with E-state index in [-0.39, 0.29) is 11.9 Å². The minimum atomic E-state index is -1.02. The van der Waals surface area contributed by atoms with E-state index in [0.717, 1.165) is 16.7 Å². The summed E-state index contributed by atoms with van der Waals surface area (Å²) in [5.41, 5.74) is 2.75. The second-order valence-electron chi connectivity index (χ2n) is 7.10. The number of carboxylic acids is 1. The summed E-state index contributed by atoms with van der Waals surface area (Å²) in [6.45, 7) is 0. The summed E-state index contributed by atoms with van der Waals surface area (Å²) >= 11 is 12.5. The number of halogens is 2. The standard InChI is InChI=1S/C23H18Cl2N2O3/c24-18-6-2-1-4-17(18)19-11-12-20(23(29)30)27(19)22(28)15-9-7-14(8-10-15)16-5-3-13-26-21(16)25/h1-10,13,19-20H,11-12H2,(H,29,30)/t19-,20+/m1/s1. The van der Waals surface area contributed by atoms with Crippen LogP contribution < -0.4 is 0 Å². The normalized spacial score (nSPS) is 18.4. The number of carbonyl (C=O) groups is 2. The summed E-state index contributed by atoms with van der Waals surface area (Å²) in [5, 5.41) is 10.6. The van der Waals surface area contributed by atoms with Crippen LogP contribution in [0.3, 0.4) is 0 Å². The molecule has 0 radical (unpaired) electrons. The third kappa shape index (κ3) is 3.78. The minimum Gasteiger partial charge on any atom is -0.480 e. The number of aliphatic carboxylic acids is 1. The summed E-state index contributed by atoms with van der Waals surface area (Å²) in [5.74, 6) is -1.36. The van der Waals surface area contributed by atoms with Crippen LogP contribution in [0, 0.1) is 0 Å². The highest BCUT2D eigenvalue weighted by atomic mass is 35.5. The van der Waals surface area contributed by atoms with Crippen LogP contribution in [0.15, 0.2) is 66.9 Å². The highest BCUT2D eigenvalue weighted by Crippen LogP contribution is 2.40. The smallest absolute Gasteiger partial charge is 0.326 e. The van der Waals surface area contributed by atoms with Crippen molar-refractivity contribution >= 4 is 35.1 Å². The van der Waals surface area contributed by atoms with E-state index in [2.05, 4.69) is 4.98 Å². The van der Waals surface area contributed by atoms with E-state index in [1.165, 1.54) is 4.90 Å². The first kappa shape index (κ1) is 20.4. The first-order valence-corrected chi connectivity index (χ1v) is 10.2. The van der Waals surface area contributed by atoms with Gasteiger partial charge in [0.1, 0.15) is 11.2 Å². The molecule has 2 heterocycles. The lowest BCUT2D eigenvalue weighted by molar-refractivity contribution is -0.141. The number of hydrogen-bond donors (Lipinski definition) is 1. The van der Waals surface area contributed by atoms with Crippen molar-refractivity contribution in [2.24, 2.45) is 0 Å². The molecule has 152 valence electrons. The highest BCUT2D eigenvalue weighted by Gasteiger charge is 2.42. The number of amides is 1. The van der Waals surface area contributed by atoms with E-state index >= 15 is 0 Å². The topological polar surface area (TPSA) is 70.5 Å². The number of carbonyl (C=O) groups excluding carboxylic acids is 1. The van der Waals surface area contributed by atoms with Crippen molar-refractivity contribution in [2.75, 3.05) is 0 Å². The van der Waals surface area contributed by atoms with Crippen LogP contribution in [0.2, 0.25) is 10.2 Å². The van der Waals surface area contributed by atoms with E-state index < -0.39 is 12.0 Å². The predicted molar refractivity (Wildman–Crippen MR) is 116 cm³/mol. The van der Waals surface area contributed by atoms with Crippen LogP contribution in [0.25, 0.3) is 11.1 Å². The molecule has 0 unspecified atom stereocenters. The lowest BCUT2D eigenvalue weighted by atomic mass is 10.0. The zero-order valence-corrected chi connectivity index (χ0v) is 17.3. The van der Waals surface area contributed by atoms with E-state index in [1.54, 1.807) is 42.6 Å². The van der Waals surface area contributed by atoms with Gasteiger partial charge in [0.25, 0.3) is 5.91 Å². The number of hydrogen-bond acceptors (Lipinski definition) is 3. The zero-order chi connectivity index (χ0) is 21.3. The van der Waals surface area contributed by atoms with Gasteiger partial charge in [-0.25, -0.2) is 9.78 Å². The number of aromatic nitrogens is 1. The summed E-state index contributed by atoms with van der Waals surface area (Å²) in [6.07, 6.45) is 2.52. The monoisotopic (exact) mass is 440 g/mol. The summed E-state index contributed by atoms with van der Waals surface area (Å²) in [6, 6.07) is 16.5. The Hall–Kier alpha value is -2.89. The molecule has 5 nitrogen and oxygen atoms in total. The number of pyridine rings is 1. The molecule has 1 amide bonds. The Morgan fingerprint density at radius 1 is 0.967 bits per heavy atom. The maximum atomic E-state index is 13.4. The average Bonchev–Trinajstić information content (AvgIpc) is 3.19. The molecular weight excluding hydrogens is 423 g/mol. The van der Waals surface area contributed by atoms with Crippen molar-refractivity contribution in [3.8, 4) is 11.1 Å². The van der Waals surface area contributed by atoms with E-state index in [9.17, 15) is 14.7 Å². The van der Waals surface area contributed by atoms with Crippen molar-refractivity contribution < 1.29 is 14.7 Å². The first-order valence-electron chi connectivity index (χ1n) is 9.48. The number of carboxylic acid groups (broad SMARTS) is 1. The fourth-order valence-electron chi connectivity index (χ4n) is 3.93. The largest absolute Gasteiger partial charge is 0.480 e. The van der Waals surface area contributed by atoms with Crippen molar-refractivity contribution in [2.45, 2.75) is 24.9 Å². The van der Waals surface area contributed by atoms with Crippen LogP contribution in [0.5, 0.6) is 0 Å². The Morgan fingerprint density at radius 3 is 2.37 bits per heavy atom. The summed E-state index contributed by atoms with van der Waals surface area (Å²) < 4.78 is 0. The lowest BCUT2D eigenvalue weighted by Crippen LogP contribution is -2.41. The average molecular weight is 441 g/mol. The maximum Gasteiger partial charge on any atom is 0.326 e. The number of benzene rings is 2. The van der Waals surface area contributed by atoms with Crippen molar-refractivity contribution in [1.29, 1.82) is 0 Å². The van der Waals surface area contributed by atoms with Gasteiger partial charge in [0.2, 0.25) is 0 Å². The number of rotatable bonds is 4. The molecule has 30 heavy (non-hydrogen) atoms. The summed E-state index contributed by atoms with van der Waals surface area (Å²) in [4.78, 5) is 30.7. The van der Waals surface area contributed by atoms with Gasteiger partial charge < -0.3 is 10.0 Å². The van der Waals surface area contributed by atoms with E-state index in [0.29, 0.717) is 28.6 Å². The Labute approximate surface area is 183 Å². The van der Waals surface area contributed by atoms with E-state index in [1.807, 2.05) is 24.3 Å². The molecule has 7 heteroatoms. The quantitative estimate of drug-likeness (QED) is 0.544. The molecule has 0 aliphatic carbocycles. The van der Waals surface area contributed by atoms with Crippen molar-refractivity contribution in [3.05, 3.63) is 88.2 Å². The van der Waals surface area contributed by atoms with Gasteiger partial charge in [0.05, 0.1) is 6.04 Å². The highest BCUT2D eigenvalue weighted by molar-refractivity contribution is 6.32. The molecule has 1 aliphatic rings. The molecule has 1 fully saturated rings. The van der Waals surface area contributed by atoms with Gasteiger partial charge >= 0.3 is 5.97 Å². The molecular formula is C23H18Cl2N2O3. The fourth-order valence-corrected chi connectivity index (χ4v) is 4.42. The third-order valence-corrected chi connectivity index (χ3v) is 6.02. The molecule has 1 N–H and O–H groups in total. The molecule has 3 aromatic rings. The molecule has 2 atom stereocenters. The van der Waals surface area contributed by atoms with Gasteiger partial charge in [-0.2, -0.15) is 0 Å². The van der Waals surface area contributed by atoms with Crippen molar-refractivity contribution in [1.82, 2.24) is 9.88 Å². The first-order chi connectivity index (χ1) is 14.5. The molecule has 0 spiro atoms. The second-order valence-corrected chi connectivity index (χ2v) is 7.87. The van der Waals surface area contributed by atoms with Gasteiger partial charge in [-0.1, -0.05) is 53.5 Å². The van der Waals surface area contributed by atoms with Gasteiger partial charge in [-0.15, -0.1) is 0 Å². The van der Waals surface area contributed by atoms with Gasteiger partial charge in [-0.3, -0.25) is 4.79 Å². The lowest BCUT2D eigenvalue weighted by Gasteiger charge is -2.29. The Bertz CT molecular complexity index is 1100. The molecule has 1 aliphatic heterocycles. The fraction of sp³-hybridized carbons (Fsp3) is 0.174. The summed E-state index contributed by atoms with van der Waals surface area (Å²) in [7, 11) is 0. The van der Waals surface area contributed by atoms with Gasteiger partial charge in [0.15, 0.2) is 0 Å². The number of nitrogens with zero attached hydrogens (tertiary/aromatic N) is 2. The van der Waals surface area contributed by atoms with Crippen LogP contribution in [-0.2, 0) is 4.79 Å². The third-order valence-electron chi connectivity index (χ3n) is 5.37. The molecule has 0 bridgehead atoms. The second kappa shape index (κ2) is 8.46. The van der Waals surface area contributed by atoms with E-state index in [4.69, 9.17) is 23.2 Å². The van der Waals surface area contributed by atoms with Gasteiger partial charge in [0, 0.05) is 22.3 Å². The molecule has 1 aromatic heterocycles. The van der Waals surface area contributed by atoms with Crippen LogP contribution >= 0.6 is 23.2 Å². The van der Waals surface area contributed by atoms with Gasteiger partial charge in [-0.05, 0) is 54.3 Å². The molecule has 1 saturated heterocycles.